The molecule has 3 N–H and O–H groups in total. The van der Waals surface area contributed by atoms with E-state index in [1.807, 2.05) is 6.07 Å². The molecule has 0 radical (unpaired) electrons. The molecule has 0 bridgehead atoms. The van der Waals surface area contributed by atoms with E-state index in [1.165, 1.54) is 32.1 Å². The Morgan fingerprint density at radius 3 is 2.47 bits per heavy atom. The van der Waals surface area contributed by atoms with Gasteiger partial charge in [0, 0.05) is 18.8 Å². The van der Waals surface area contributed by atoms with E-state index >= 15 is 0 Å². The van der Waals surface area contributed by atoms with E-state index in [0.717, 1.165) is 18.4 Å². The molecule has 0 unspecified atom stereocenters. The summed E-state index contributed by atoms with van der Waals surface area (Å²) in [5.74, 6) is -0.0610. The fourth-order valence-corrected chi connectivity index (χ4v) is 2.54. The molecule has 2 rings (SSSR count). The lowest BCUT2D eigenvalue weighted by Crippen LogP contribution is -2.35. The Balaban J connectivity index is 1.91. The van der Waals surface area contributed by atoms with Crippen molar-refractivity contribution in [3.63, 3.8) is 0 Å². The van der Waals surface area contributed by atoms with E-state index in [9.17, 15) is 4.79 Å². The van der Waals surface area contributed by atoms with Crippen LogP contribution >= 0.6 is 0 Å². The molecule has 1 aliphatic rings. The minimum atomic E-state index is -0.0610. The molecule has 0 aliphatic heterocycles. The van der Waals surface area contributed by atoms with E-state index in [-0.39, 0.29) is 5.91 Å². The third-order valence-corrected chi connectivity index (χ3v) is 3.73. The summed E-state index contributed by atoms with van der Waals surface area (Å²) < 4.78 is 0. The lowest BCUT2D eigenvalue weighted by molar-refractivity contribution is 0.0925. The zero-order valence-corrected chi connectivity index (χ0v) is 11.4. The van der Waals surface area contributed by atoms with Gasteiger partial charge in [0.25, 0.3) is 5.91 Å². The molecule has 1 saturated carbocycles. The molecule has 1 amide bonds. The first-order chi connectivity index (χ1) is 9.29. The number of carbonyl (C=O) groups excluding carboxylic acids is 1. The Hall–Kier alpha value is -1.42. The Kier molecular flexibility index (Phi) is 5.33. The minimum Gasteiger partial charge on any atom is -0.348 e. The summed E-state index contributed by atoms with van der Waals surface area (Å²) in [7, 11) is 0. The van der Waals surface area contributed by atoms with Crippen LogP contribution < -0.4 is 11.1 Å². The zero-order valence-electron chi connectivity index (χ0n) is 11.4. The number of hydrogen-bond donors (Lipinski definition) is 2. The predicted molar refractivity (Wildman–Crippen MR) is 75.7 cm³/mol. The normalized spacial score (nSPS) is 17.5. The summed E-state index contributed by atoms with van der Waals surface area (Å²) in [4.78, 5) is 16.3. The van der Waals surface area contributed by atoms with Crippen LogP contribution in [-0.4, -0.2) is 16.9 Å². The van der Waals surface area contributed by atoms with Gasteiger partial charge in [-0.1, -0.05) is 38.2 Å². The smallest absolute Gasteiger partial charge is 0.270 e. The Bertz CT molecular complexity index is 394. The molecule has 0 aromatic carbocycles. The highest BCUT2D eigenvalue weighted by Gasteiger charge is 2.15. The monoisotopic (exact) mass is 261 g/mol. The van der Waals surface area contributed by atoms with Gasteiger partial charge in [-0.15, -0.1) is 0 Å². The van der Waals surface area contributed by atoms with Gasteiger partial charge < -0.3 is 11.1 Å². The van der Waals surface area contributed by atoms with Crippen molar-refractivity contribution in [1.29, 1.82) is 0 Å². The molecule has 0 saturated heterocycles. The first-order valence-electron chi connectivity index (χ1n) is 7.25. The predicted octanol–water partition coefficient (Wildman–Crippen LogP) is 2.38. The Morgan fingerprint density at radius 1 is 1.21 bits per heavy atom. The van der Waals surface area contributed by atoms with Gasteiger partial charge >= 0.3 is 0 Å². The average Bonchev–Trinajstić information content (AvgIpc) is 2.41. The fraction of sp³-hybridized carbons (Fsp3) is 0.600. The maximum absolute atomic E-state index is 12.1. The summed E-state index contributed by atoms with van der Waals surface area (Å²) in [5, 5.41) is 3.11. The number of pyridine rings is 1. The number of amides is 1. The van der Waals surface area contributed by atoms with Gasteiger partial charge in [0.1, 0.15) is 5.69 Å². The SMILES string of the molecule is NCc1ccc(C(=O)NC2CCCCCCC2)nc1. The molecular formula is C15H23N3O. The molecule has 4 nitrogen and oxygen atoms in total. The van der Waals surface area contributed by atoms with Crippen LogP contribution in [0, 0.1) is 0 Å². The largest absolute Gasteiger partial charge is 0.348 e. The number of nitrogens with two attached hydrogens (primary N) is 1. The van der Waals surface area contributed by atoms with Crippen molar-refractivity contribution in [2.75, 3.05) is 0 Å². The number of carbonyl (C=O) groups is 1. The lowest BCUT2D eigenvalue weighted by atomic mass is 9.96. The molecule has 104 valence electrons. The van der Waals surface area contributed by atoms with Gasteiger partial charge in [0.15, 0.2) is 0 Å². The highest BCUT2D eigenvalue weighted by atomic mass is 16.1. The number of nitrogens with zero attached hydrogens (tertiary/aromatic N) is 1. The molecule has 1 fully saturated rings. The molecular weight excluding hydrogens is 238 g/mol. The van der Waals surface area contributed by atoms with Crippen molar-refractivity contribution in [3.8, 4) is 0 Å². The van der Waals surface area contributed by atoms with Crippen molar-refractivity contribution in [1.82, 2.24) is 10.3 Å². The van der Waals surface area contributed by atoms with Gasteiger partial charge in [-0.05, 0) is 24.5 Å². The van der Waals surface area contributed by atoms with E-state index in [1.54, 1.807) is 12.3 Å². The average molecular weight is 261 g/mol. The van der Waals surface area contributed by atoms with E-state index in [2.05, 4.69) is 10.3 Å². The highest BCUT2D eigenvalue weighted by molar-refractivity contribution is 5.92. The molecule has 4 heteroatoms. The molecule has 19 heavy (non-hydrogen) atoms. The molecule has 1 aromatic heterocycles. The van der Waals surface area contributed by atoms with Crippen molar-refractivity contribution in [3.05, 3.63) is 29.6 Å². The number of hydrogen-bond acceptors (Lipinski definition) is 3. The van der Waals surface area contributed by atoms with Gasteiger partial charge in [-0.2, -0.15) is 0 Å². The van der Waals surface area contributed by atoms with Crippen LogP contribution in [0.1, 0.15) is 61.0 Å². The summed E-state index contributed by atoms with van der Waals surface area (Å²) in [6, 6.07) is 3.92. The second kappa shape index (κ2) is 7.24. The second-order valence-electron chi connectivity index (χ2n) is 5.27. The van der Waals surface area contributed by atoms with Crippen LogP contribution in [-0.2, 0) is 6.54 Å². The summed E-state index contributed by atoms with van der Waals surface area (Å²) in [5.41, 5.74) is 6.95. The van der Waals surface area contributed by atoms with E-state index in [0.29, 0.717) is 18.3 Å². The fourth-order valence-electron chi connectivity index (χ4n) is 2.54. The first kappa shape index (κ1) is 14.0. The molecule has 1 aliphatic carbocycles. The van der Waals surface area contributed by atoms with Gasteiger partial charge in [-0.3, -0.25) is 9.78 Å². The van der Waals surface area contributed by atoms with Crippen LogP contribution in [0.5, 0.6) is 0 Å². The van der Waals surface area contributed by atoms with Crippen LogP contribution in [0.2, 0.25) is 0 Å². The summed E-state index contributed by atoms with van der Waals surface area (Å²) >= 11 is 0. The quantitative estimate of drug-likeness (QED) is 0.877. The zero-order chi connectivity index (χ0) is 13.5. The third kappa shape index (κ3) is 4.31. The molecule has 1 aromatic rings. The van der Waals surface area contributed by atoms with Gasteiger partial charge in [0.05, 0.1) is 0 Å². The number of aromatic nitrogens is 1. The van der Waals surface area contributed by atoms with Crippen LogP contribution in [0.15, 0.2) is 18.3 Å². The standard InChI is InChI=1S/C15H23N3O/c16-10-12-8-9-14(17-11-12)15(19)18-13-6-4-2-1-3-5-7-13/h8-9,11,13H,1-7,10,16H2,(H,18,19). The van der Waals surface area contributed by atoms with Gasteiger partial charge in [-0.25, -0.2) is 0 Å². The molecule has 0 atom stereocenters. The van der Waals surface area contributed by atoms with E-state index < -0.39 is 0 Å². The third-order valence-electron chi connectivity index (χ3n) is 3.73. The highest BCUT2D eigenvalue weighted by Crippen LogP contribution is 2.17. The Labute approximate surface area is 114 Å². The first-order valence-corrected chi connectivity index (χ1v) is 7.25. The van der Waals surface area contributed by atoms with Crippen molar-refractivity contribution in [2.24, 2.45) is 5.73 Å². The summed E-state index contributed by atoms with van der Waals surface area (Å²) in [6.45, 7) is 0.456. The summed E-state index contributed by atoms with van der Waals surface area (Å²) in [6.07, 6.45) is 10.2. The lowest BCUT2D eigenvalue weighted by Gasteiger charge is -2.20. The van der Waals surface area contributed by atoms with Crippen LogP contribution in [0.4, 0.5) is 0 Å². The van der Waals surface area contributed by atoms with E-state index in [4.69, 9.17) is 5.73 Å². The minimum absolute atomic E-state index is 0.0610. The number of rotatable bonds is 3. The van der Waals surface area contributed by atoms with Crippen molar-refractivity contribution < 1.29 is 4.79 Å². The Morgan fingerprint density at radius 2 is 1.89 bits per heavy atom. The van der Waals surface area contributed by atoms with Gasteiger partial charge in [0.2, 0.25) is 0 Å². The van der Waals surface area contributed by atoms with Crippen LogP contribution in [0.3, 0.4) is 0 Å². The molecule has 0 spiro atoms. The second-order valence-corrected chi connectivity index (χ2v) is 5.27. The number of nitrogens with one attached hydrogen (secondary N) is 1. The molecule has 1 heterocycles. The maximum atomic E-state index is 12.1. The van der Waals surface area contributed by atoms with Crippen molar-refractivity contribution in [2.45, 2.75) is 57.5 Å². The maximum Gasteiger partial charge on any atom is 0.270 e. The topological polar surface area (TPSA) is 68.0 Å². The van der Waals surface area contributed by atoms with Crippen LogP contribution in [0.25, 0.3) is 0 Å². The van der Waals surface area contributed by atoms with Crippen molar-refractivity contribution >= 4 is 5.91 Å².